The molecule has 0 aromatic heterocycles. The van der Waals surface area contributed by atoms with E-state index in [2.05, 4.69) is 5.32 Å². The van der Waals surface area contributed by atoms with Gasteiger partial charge < -0.3 is 10.4 Å². The van der Waals surface area contributed by atoms with Gasteiger partial charge in [-0.05, 0) is 31.4 Å². The van der Waals surface area contributed by atoms with Crippen molar-refractivity contribution in [1.29, 1.82) is 0 Å². The third-order valence-electron chi connectivity index (χ3n) is 2.72. The van der Waals surface area contributed by atoms with Crippen LogP contribution < -0.4 is 5.32 Å². The number of carbonyl (C=O) groups excluding carboxylic acids is 1. The van der Waals surface area contributed by atoms with Crippen LogP contribution in [0.2, 0.25) is 0 Å². The lowest BCUT2D eigenvalue weighted by Gasteiger charge is -2.09. The minimum Gasteiger partial charge on any atom is -0.393 e. The zero-order valence-corrected chi connectivity index (χ0v) is 11.8. The SMILES string of the molecule is CCC(O)CCNC(=O)CSc1ccccc1C. The number of aryl methyl sites for hydroxylation is 1. The van der Waals surface area contributed by atoms with E-state index in [0.717, 1.165) is 11.3 Å². The van der Waals surface area contributed by atoms with Gasteiger partial charge in [-0.15, -0.1) is 11.8 Å². The molecule has 100 valence electrons. The normalized spacial score (nSPS) is 12.2. The van der Waals surface area contributed by atoms with Crippen molar-refractivity contribution in [2.24, 2.45) is 0 Å². The van der Waals surface area contributed by atoms with Crippen LogP contribution in [-0.4, -0.2) is 29.4 Å². The maximum Gasteiger partial charge on any atom is 0.230 e. The quantitative estimate of drug-likeness (QED) is 0.746. The number of hydrogen-bond donors (Lipinski definition) is 2. The maximum atomic E-state index is 11.6. The molecule has 0 saturated heterocycles. The molecule has 0 radical (unpaired) electrons. The summed E-state index contributed by atoms with van der Waals surface area (Å²) in [6, 6.07) is 8.03. The molecule has 4 heteroatoms. The van der Waals surface area contributed by atoms with Crippen molar-refractivity contribution in [1.82, 2.24) is 5.32 Å². The molecule has 1 amide bonds. The van der Waals surface area contributed by atoms with Gasteiger partial charge in [0.25, 0.3) is 0 Å². The summed E-state index contributed by atoms with van der Waals surface area (Å²) in [4.78, 5) is 12.7. The Labute approximate surface area is 113 Å². The number of rotatable bonds is 7. The predicted octanol–water partition coefficient (Wildman–Crippen LogP) is 2.36. The van der Waals surface area contributed by atoms with Crippen molar-refractivity contribution in [3.63, 3.8) is 0 Å². The Kier molecular flexibility index (Phi) is 6.83. The molecule has 2 N–H and O–H groups in total. The first-order valence-corrected chi connectivity index (χ1v) is 7.25. The fourth-order valence-corrected chi connectivity index (χ4v) is 2.35. The van der Waals surface area contributed by atoms with Crippen molar-refractivity contribution in [2.45, 2.75) is 37.7 Å². The molecule has 0 saturated carbocycles. The summed E-state index contributed by atoms with van der Waals surface area (Å²) in [5, 5.41) is 12.2. The second kappa shape index (κ2) is 8.16. The van der Waals surface area contributed by atoms with E-state index in [1.54, 1.807) is 11.8 Å². The van der Waals surface area contributed by atoms with Gasteiger partial charge in [-0.1, -0.05) is 25.1 Å². The molecule has 1 aromatic carbocycles. The van der Waals surface area contributed by atoms with E-state index in [1.807, 2.05) is 38.1 Å². The Bertz CT molecular complexity index is 382. The van der Waals surface area contributed by atoms with Crippen LogP contribution in [0.5, 0.6) is 0 Å². The molecule has 0 aliphatic rings. The Morgan fingerprint density at radius 3 is 2.83 bits per heavy atom. The van der Waals surface area contributed by atoms with Crippen LogP contribution in [-0.2, 0) is 4.79 Å². The third-order valence-corrected chi connectivity index (χ3v) is 3.90. The Morgan fingerprint density at radius 2 is 2.17 bits per heavy atom. The fourth-order valence-electron chi connectivity index (χ4n) is 1.50. The van der Waals surface area contributed by atoms with Crippen molar-refractivity contribution in [2.75, 3.05) is 12.3 Å². The van der Waals surface area contributed by atoms with Gasteiger partial charge in [0.1, 0.15) is 0 Å². The zero-order valence-electron chi connectivity index (χ0n) is 11.0. The number of aliphatic hydroxyl groups excluding tert-OH is 1. The summed E-state index contributed by atoms with van der Waals surface area (Å²) in [7, 11) is 0. The molecule has 0 fully saturated rings. The van der Waals surface area contributed by atoms with Crippen LogP contribution in [0.3, 0.4) is 0 Å². The molecule has 1 rings (SSSR count). The van der Waals surface area contributed by atoms with Gasteiger partial charge in [-0.3, -0.25) is 4.79 Å². The van der Waals surface area contributed by atoms with E-state index < -0.39 is 0 Å². The fraction of sp³-hybridized carbons (Fsp3) is 0.500. The first kappa shape index (κ1) is 15.1. The molecule has 1 atom stereocenters. The number of aliphatic hydroxyl groups is 1. The van der Waals surface area contributed by atoms with Gasteiger partial charge in [-0.25, -0.2) is 0 Å². The van der Waals surface area contributed by atoms with Crippen LogP contribution >= 0.6 is 11.8 Å². The second-order valence-corrected chi connectivity index (χ2v) is 5.27. The van der Waals surface area contributed by atoms with Crippen molar-refractivity contribution < 1.29 is 9.90 Å². The summed E-state index contributed by atoms with van der Waals surface area (Å²) >= 11 is 1.55. The van der Waals surface area contributed by atoms with E-state index in [4.69, 9.17) is 0 Å². The minimum atomic E-state index is -0.311. The number of benzene rings is 1. The highest BCUT2D eigenvalue weighted by Crippen LogP contribution is 2.21. The van der Waals surface area contributed by atoms with Gasteiger partial charge in [0.05, 0.1) is 11.9 Å². The van der Waals surface area contributed by atoms with E-state index in [-0.39, 0.29) is 12.0 Å². The first-order chi connectivity index (χ1) is 8.63. The highest BCUT2D eigenvalue weighted by Gasteiger charge is 2.05. The standard InChI is InChI=1S/C14H21NO2S/c1-3-12(16)8-9-15-14(17)10-18-13-7-5-4-6-11(13)2/h4-7,12,16H,3,8-10H2,1-2H3,(H,15,17). The summed E-state index contributed by atoms with van der Waals surface area (Å²) < 4.78 is 0. The van der Waals surface area contributed by atoms with Crippen molar-refractivity contribution in [3.8, 4) is 0 Å². The molecule has 0 heterocycles. The number of thioether (sulfide) groups is 1. The molecule has 0 aliphatic carbocycles. The van der Waals surface area contributed by atoms with Crippen LogP contribution in [0.4, 0.5) is 0 Å². The van der Waals surface area contributed by atoms with E-state index in [0.29, 0.717) is 18.7 Å². The molecule has 0 spiro atoms. The zero-order chi connectivity index (χ0) is 13.4. The lowest BCUT2D eigenvalue weighted by atomic mass is 10.2. The van der Waals surface area contributed by atoms with Crippen LogP contribution in [0.1, 0.15) is 25.3 Å². The van der Waals surface area contributed by atoms with Gasteiger partial charge in [-0.2, -0.15) is 0 Å². The van der Waals surface area contributed by atoms with Crippen LogP contribution in [0.25, 0.3) is 0 Å². The van der Waals surface area contributed by atoms with E-state index >= 15 is 0 Å². The van der Waals surface area contributed by atoms with Gasteiger partial charge in [0.15, 0.2) is 0 Å². The Morgan fingerprint density at radius 1 is 1.44 bits per heavy atom. The topological polar surface area (TPSA) is 49.3 Å². The largest absolute Gasteiger partial charge is 0.393 e. The highest BCUT2D eigenvalue weighted by molar-refractivity contribution is 8.00. The molecular formula is C14H21NO2S. The van der Waals surface area contributed by atoms with E-state index in [9.17, 15) is 9.90 Å². The smallest absolute Gasteiger partial charge is 0.230 e. The lowest BCUT2D eigenvalue weighted by molar-refractivity contribution is -0.118. The molecule has 3 nitrogen and oxygen atoms in total. The van der Waals surface area contributed by atoms with Crippen LogP contribution in [0, 0.1) is 6.92 Å². The van der Waals surface area contributed by atoms with Gasteiger partial charge in [0, 0.05) is 11.4 Å². The lowest BCUT2D eigenvalue weighted by Crippen LogP contribution is -2.28. The minimum absolute atomic E-state index is 0.0200. The monoisotopic (exact) mass is 267 g/mol. The Hall–Kier alpha value is -1.00. The molecule has 0 bridgehead atoms. The van der Waals surface area contributed by atoms with Gasteiger partial charge >= 0.3 is 0 Å². The molecule has 1 unspecified atom stereocenters. The average Bonchev–Trinajstić information content (AvgIpc) is 2.37. The predicted molar refractivity (Wildman–Crippen MR) is 75.8 cm³/mol. The number of amides is 1. The third kappa shape index (κ3) is 5.56. The summed E-state index contributed by atoms with van der Waals surface area (Å²) in [6.07, 6.45) is 1.04. The van der Waals surface area contributed by atoms with Crippen molar-refractivity contribution in [3.05, 3.63) is 29.8 Å². The van der Waals surface area contributed by atoms with E-state index in [1.165, 1.54) is 5.56 Å². The molecular weight excluding hydrogens is 246 g/mol. The van der Waals surface area contributed by atoms with Crippen LogP contribution in [0.15, 0.2) is 29.2 Å². The van der Waals surface area contributed by atoms with Gasteiger partial charge in [0.2, 0.25) is 5.91 Å². The number of nitrogens with one attached hydrogen (secondary N) is 1. The maximum absolute atomic E-state index is 11.6. The molecule has 1 aromatic rings. The Balaban J connectivity index is 2.23. The number of carbonyl (C=O) groups is 1. The summed E-state index contributed by atoms with van der Waals surface area (Å²) in [6.45, 7) is 4.51. The second-order valence-electron chi connectivity index (χ2n) is 4.25. The molecule has 18 heavy (non-hydrogen) atoms. The first-order valence-electron chi connectivity index (χ1n) is 6.26. The summed E-state index contributed by atoms with van der Waals surface area (Å²) in [5.41, 5.74) is 1.19. The van der Waals surface area contributed by atoms with Crippen molar-refractivity contribution >= 4 is 17.7 Å². The summed E-state index contributed by atoms with van der Waals surface area (Å²) in [5.74, 6) is 0.444. The average molecular weight is 267 g/mol. The molecule has 0 aliphatic heterocycles. The highest BCUT2D eigenvalue weighted by atomic mass is 32.2. The number of hydrogen-bond acceptors (Lipinski definition) is 3.